The molecule has 2 N–H and O–H groups in total. The Balaban J connectivity index is 2.34. The average molecular weight is 273 g/mol. The molecule has 0 bridgehead atoms. The molecule has 0 radical (unpaired) electrons. The van der Waals surface area contributed by atoms with Crippen molar-refractivity contribution in [3.8, 4) is 23.0 Å². The fourth-order valence-corrected chi connectivity index (χ4v) is 1.86. The Morgan fingerprint density at radius 1 is 0.900 bits per heavy atom. The van der Waals surface area contributed by atoms with Crippen LogP contribution in [0.25, 0.3) is 0 Å². The Labute approximate surface area is 119 Å². The summed E-state index contributed by atoms with van der Waals surface area (Å²) in [6, 6.07) is 11.2. The number of ether oxygens (including phenoxy) is 3. The molecule has 2 rings (SSSR count). The van der Waals surface area contributed by atoms with Gasteiger partial charge in [0.05, 0.1) is 19.9 Å². The summed E-state index contributed by atoms with van der Waals surface area (Å²) < 4.78 is 16.4. The monoisotopic (exact) mass is 273 g/mol. The van der Waals surface area contributed by atoms with Crippen molar-refractivity contribution in [2.75, 3.05) is 20.0 Å². The lowest BCUT2D eigenvalue weighted by Crippen LogP contribution is -1.96. The van der Waals surface area contributed by atoms with Gasteiger partial charge in [-0.3, -0.25) is 0 Å². The van der Waals surface area contributed by atoms with Crippen LogP contribution in [0.4, 0.5) is 5.69 Å². The predicted molar refractivity (Wildman–Crippen MR) is 79.9 cm³/mol. The van der Waals surface area contributed by atoms with Crippen molar-refractivity contribution in [3.63, 3.8) is 0 Å². The Hall–Kier alpha value is -2.36. The molecule has 0 unspecified atom stereocenters. The minimum Gasteiger partial charge on any atom is -0.497 e. The van der Waals surface area contributed by atoms with E-state index in [0.29, 0.717) is 28.7 Å². The van der Waals surface area contributed by atoms with Gasteiger partial charge in [0, 0.05) is 6.07 Å². The van der Waals surface area contributed by atoms with Crippen molar-refractivity contribution in [1.82, 2.24) is 0 Å². The summed E-state index contributed by atoms with van der Waals surface area (Å²) in [7, 11) is 3.22. The maximum atomic E-state index is 5.92. The molecule has 4 nitrogen and oxygen atoms in total. The summed E-state index contributed by atoms with van der Waals surface area (Å²) in [4.78, 5) is 0. The van der Waals surface area contributed by atoms with E-state index in [0.717, 1.165) is 6.42 Å². The summed E-state index contributed by atoms with van der Waals surface area (Å²) in [5, 5.41) is 0. The molecule has 2 aromatic rings. The number of rotatable bonds is 5. The number of benzene rings is 2. The van der Waals surface area contributed by atoms with Gasteiger partial charge >= 0.3 is 0 Å². The number of methoxy groups -OCH3 is 2. The molecule has 0 aromatic heterocycles. The number of hydrogen-bond donors (Lipinski definition) is 1. The van der Waals surface area contributed by atoms with Crippen LogP contribution >= 0.6 is 0 Å². The third kappa shape index (κ3) is 2.96. The van der Waals surface area contributed by atoms with Gasteiger partial charge in [0.25, 0.3) is 0 Å². The number of nitrogen functional groups attached to an aromatic ring is 1. The Morgan fingerprint density at radius 3 is 2.35 bits per heavy atom. The van der Waals surface area contributed by atoms with Gasteiger partial charge in [-0.25, -0.2) is 0 Å². The van der Waals surface area contributed by atoms with Crippen molar-refractivity contribution in [3.05, 3.63) is 42.0 Å². The number of aryl methyl sites for hydroxylation is 1. The standard InChI is InChI=1S/C16H19NO3/c1-4-11-5-8-14(16(9-11)19-3)20-15-10-12(18-2)6-7-13(15)17/h5-10H,4,17H2,1-3H3. The molecule has 0 aliphatic rings. The highest BCUT2D eigenvalue weighted by Crippen LogP contribution is 2.36. The number of hydrogen-bond acceptors (Lipinski definition) is 4. The summed E-state index contributed by atoms with van der Waals surface area (Å²) in [5.74, 6) is 2.56. The molecule has 0 aliphatic heterocycles. The minimum atomic E-state index is 0.548. The van der Waals surface area contributed by atoms with Crippen molar-refractivity contribution < 1.29 is 14.2 Å². The van der Waals surface area contributed by atoms with E-state index in [4.69, 9.17) is 19.9 Å². The molecular formula is C16H19NO3. The molecule has 0 aliphatic carbocycles. The third-order valence-electron chi connectivity index (χ3n) is 3.08. The molecule has 0 amide bonds. The molecule has 0 saturated carbocycles. The first kappa shape index (κ1) is 14.1. The van der Waals surface area contributed by atoms with E-state index < -0.39 is 0 Å². The van der Waals surface area contributed by atoms with E-state index in [1.807, 2.05) is 18.2 Å². The van der Waals surface area contributed by atoms with Gasteiger partial charge in [-0.15, -0.1) is 0 Å². The zero-order valence-electron chi connectivity index (χ0n) is 12.0. The molecule has 0 spiro atoms. The SMILES string of the molecule is CCc1ccc(Oc2cc(OC)ccc2N)c(OC)c1. The summed E-state index contributed by atoms with van der Waals surface area (Å²) in [5.41, 5.74) is 7.65. The van der Waals surface area contributed by atoms with E-state index in [2.05, 4.69) is 6.92 Å². The molecule has 106 valence electrons. The molecule has 2 aromatic carbocycles. The number of nitrogens with two attached hydrogens (primary N) is 1. The van der Waals surface area contributed by atoms with Gasteiger partial charge in [0.2, 0.25) is 0 Å². The lowest BCUT2D eigenvalue weighted by Gasteiger charge is -2.13. The smallest absolute Gasteiger partial charge is 0.169 e. The third-order valence-corrected chi connectivity index (χ3v) is 3.08. The van der Waals surface area contributed by atoms with Crippen LogP contribution in [0.2, 0.25) is 0 Å². The highest BCUT2D eigenvalue weighted by Gasteiger charge is 2.09. The predicted octanol–water partition coefficient (Wildman–Crippen LogP) is 3.64. The Morgan fingerprint density at radius 2 is 1.70 bits per heavy atom. The van der Waals surface area contributed by atoms with Gasteiger partial charge in [-0.1, -0.05) is 13.0 Å². The van der Waals surface area contributed by atoms with Crippen molar-refractivity contribution in [1.29, 1.82) is 0 Å². The summed E-state index contributed by atoms with van der Waals surface area (Å²) >= 11 is 0. The first-order valence-electron chi connectivity index (χ1n) is 6.46. The fourth-order valence-electron chi connectivity index (χ4n) is 1.86. The van der Waals surface area contributed by atoms with E-state index >= 15 is 0 Å². The van der Waals surface area contributed by atoms with Gasteiger partial charge in [0.15, 0.2) is 17.2 Å². The Bertz CT molecular complexity index is 596. The molecule has 20 heavy (non-hydrogen) atoms. The van der Waals surface area contributed by atoms with Crippen LogP contribution in [0.3, 0.4) is 0 Å². The van der Waals surface area contributed by atoms with Crippen molar-refractivity contribution in [2.24, 2.45) is 0 Å². The van der Waals surface area contributed by atoms with E-state index in [1.165, 1.54) is 5.56 Å². The van der Waals surface area contributed by atoms with Crippen molar-refractivity contribution >= 4 is 5.69 Å². The zero-order valence-corrected chi connectivity index (χ0v) is 12.0. The van der Waals surface area contributed by atoms with Crippen molar-refractivity contribution in [2.45, 2.75) is 13.3 Å². The Kier molecular flexibility index (Phi) is 4.35. The van der Waals surface area contributed by atoms with Gasteiger partial charge < -0.3 is 19.9 Å². The van der Waals surface area contributed by atoms with E-state index in [9.17, 15) is 0 Å². The molecular weight excluding hydrogens is 254 g/mol. The number of anilines is 1. The first-order chi connectivity index (χ1) is 9.67. The minimum absolute atomic E-state index is 0.548. The second kappa shape index (κ2) is 6.19. The lowest BCUT2D eigenvalue weighted by molar-refractivity contribution is 0.376. The van der Waals surface area contributed by atoms with Crippen LogP contribution in [0.15, 0.2) is 36.4 Å². The van der Waals surface area contributed by atoms with Gasteiger partial charge in [-0.05, 0) is 36.2 Å². The molecule has 0 saturated heterocycles. The quantitative estimate of drug-likeness (QED) is 0.845. The van der Waals surface area contributed by atoms with Crippen LogP contribution < -0.4 is 19.9 Å². The molecule has 0 atom stereocenters. The van der Waals surface area contributed by atoms with Crippen LogP contribution in [-0.2, 0) is 6.42 Å². The lowest BCUT2D eigenvalue weighted by atomic mass is 10.1. The second-order valence-electron chi connectivity index (χ2n) is 4.34. The maximum absolute atomic E-state index is 5.92. The summed E-state index contributed by atoms with van der Waals surface area (Å²) in [6.45, 7) is 2.09. The first-order valence-corrected chi connectivity index (χ1v) is 6.46. The second-order valence-corrected chi connectivity index (χ2v) is 4.34. The van der Waals surface area contributed by atoms with Crippen LogP contribution in [0.1, 0.15) is 12.5 Å². The summed E-state index contributed by atoms with van der Waals surface area (Å²) in [6.07, 6.45) is 0.942. The normalized spacial score (nSPS) is 10.2. The highest BCUT2D eigenvalue weighted by molar-refractivity contribution is 5.58. The van der Waals surface area contributed by atoms with E-state index in [1.54, 1.807) is 32.4 Å². The molecule has 4 heteroatoms. The molecule has 0 fully saturated rings. The van der Waals surface area contributed by atoms with Crippen LogP contribution in [0, 0.1) is 0 Å². The zero-order chi connectivity index (χ0) is 14.5. The topological polar surface area (TPSA) is 53.7 Å². The van der Waals surface area contributed by atoms with Crippen LogP contribution in [-0.4, -0.2) is 14.2 Å². The molecule has 0 heterocycles. The largest absolute Gasteiger partial charge is 0.497 e. The highest BCUT2D eigenvalue weighted by atomic mass is 16.5. The average Bonchev–Trinajstić information content (AvgIpc) is 2.49. The van der Waals surface area contributed by atoms with Crippen LogP contribution in [0.5, 0.6) is 23.0 Å². The van der Waals surface area contributed by atoms with E-state index in [-0.39, 0.29) is 0 Å². The fraction of sp³-hybridized carbons (Fsp3) is 0.250. The van der Waals surface area contributed by atoms with Gasteiger partial charge in [0.1, 0.15) is 5.75 Å². The van der Waals surface area contributed by atoms with Gasteiger partial charge in [-0.2, -0.15) is 0 Å². The maximum Gasteiger partial charge on any atom is 0.169 e.